The zero-order valence-electron chi connectivity index (χ0n) is 9.51. The summed E-state index contributed by atoms with van der Waals surface area (Å²) in [5, 5.41) is 2.61. The van der Waals surface area contributed by atoms with E-state index in [1.807, 2.05) is 0 Å². The van der Waals surface area contributed by atoms with E-state index in [0.29, 0.717) is 24.5 Å². The van der Waals surface area contributed by atoms with Gasteiger partial charge in [-0.2, -0.15) is 0 Å². The highest BCUT2D eigenvalue weighted by atomic mass is 16.6. The summed E-state index contributed by atoms with van der Waals surface area (Å²) in [7, 11) is 0. The number of hydrogen-bond acceptors (Lipinski definition) is 4. The van der Waals surface area contributed by atoms with Crippen molar-refractivity contribution in [2.45, 2.75) is 0 Å². The van der Waals surface area contributed by atoms with Crippen molar-refractivity contribution < 1.29 is 19.1 Å². The van der Waals surface area contributed by atoms with Crippen molar-refractivity contribution in [1.29, 1.82) is 0 Å². The van der Waals surface area contributed by atoms with Crippen molar-refractivity contribution in [1.82, 2.24) is 0 Å². The van der Waals surface area contributed by atoms with Crippen molar-refractivity contribution in [3.8, 4) is 0 Å². The summed E-state index contributed by atoms with van der Waals surface area (Å²) in [5.41, 5.74) is 6.03. The molecule has 0 saturated heterocycles. The molecule has 18 heavy (non-hydrogen) atoms. The van der Waals surface area contributed by atoms with Crippen molar-refractivity contribution in [3.05, 3.63) is 41.9 Å². The van der Waals surface area contributed by atoms with Crippen LogP contribution in [0.2, 0.25) is 0 Å². The van der Waals surface area contributed by atoms with Gasteiger partial charge in [0.25, 0.3) is 5.91 Å². The SMILES string of the molecule is NC(=O)c1ccc(NC(=O)C2=COCCO2)cc1. The number of amides is 2. The lowest BCUT2D eigenvalue weighted by molar-refractivity contribution is -0.117. The number of nitrogens with one attached hydrogen (secondary N) is 1. The summed E-state index contributed by atoms with van der Waals surface area (Å²) in [5.74, 6) is -0.790. The van der Waals surface area contributed by atoms with Crippen molar-refractivity contribution in [2.24, 2.45) is 5.73 Å². The second-order valence-electron chi connectivity index (χ2n) is 3.60. The highest BCUT2D eigenvalue weighted by Gasteiger charge is 2.15. The molecule has 1 aromatic carbocycles. The molecular weight excluding hydrogens is 236 g/mol. The fourth-order valence-corrected chi connectivity index (χ4v) is 1.40. The number of nitrogens with two attached hydrogens (primary N) is 1. The summed E-state index contributed by atoms with van der Waals surface area (Å²) in [6.07, 6.45) is 1.27. The second-order valence-corrected chi connectivity index (χ2v) is 3.60. The van der Waals surface area contributed by atoms with Crippen LogP contribution in [0.1, 0.15) is 10.4 Å². The van der Waals surface area contributed by atoms with Crippen LogP contribution in [0.25, 0.3) is 0 Å². The Kier molecular flexibility index (Phi) is 3.47. The van der Waals surface area contributed by atoms with E-state index in [1.165, 1.54) is 18.4 Å². The van der Waals surface area contributed by atoms with Crippen LogP contribution in [0, 0.1) is 0 Å². The van der Waals surface area contributed by atoms with Gasteiger partial charge >= 0.3 is 0 Å². The molecule has 94 valence electrons. The summed E-state index contributed by atoms with van der Waals surface area (Å²) in [6.45, 7) is 0.782. The van der Waals surface area contributed by atoms with E-state index in [9.17, 15) is 9.59 Å². The van der Waals surface area contributed by atoms with Gasteiger partial charge in [0.15, 0.2) is 0 Å². The van der Waals surface area contributed by atoms with Crippen molar-refractivity contribution in [3.63, 3.8) is 0 Å². The molecule has 6 nitrogen and oxygen atoms in total. The quantitative estimate of drug-likeness (QED) is 0.820. The average Bonchev–Trinajstić information content (AvgIpc) is 2.40. The summed E-state index contributed by atoms with van der Waals surface area (Å²) >= 11 is 0. The zero-order chi connectivity index (χ0) is 13.0. The van der Waals surface area contributed by atoms with Gasteiger partial charge in [0.2, 0.25) is 11.7 Å². The third kappa shape index (κ3) is 2.79. The highest BCUT2D eigenvalue weighted by Crippen LogP contribution is 2.12. The highest BCUT2D eigenvalue weighted by molar-refractivity contribution is 6.02. The van der Waals surface area contributed by atoms with Crippen LogP contribution in [-0.4, -0.2) is 25.0 Å². The summed E-state index contributed by atoms with van der Waals surface area (Å²) in [4.78, 5) is 22.6. The summed E-state index contributed by atoms with van der Waals surface area (Å²) in [6, 6.07) is 6.24. The molecule has 0 atom stereocenters. The van der Waals surface area contributed by atoms with Gasteiger partial charge in [-0.05, 0) is 24.3 Å². The van der Waals surface area contributed by atoms with Crippen LogP contribution in [0.3, 0.4) is 0 Å². The maximum atomic E-state index is 11.7. The molecular formula is C12H12N2O4. The van der Waals surface area contributed by atoms with E-state index in [-0.39, 0.29) is 5.76 Å². The molecule has 2 rings (SSSR count). The molecule has 0 spiro atoms. The largest absolute Gasteiger partial charge is 0.494 e. The first kappa shape index (κ1) is 12.0. The number of ether oxygens (including phenoxy) is 2. The molecule has 0 radical (unpaired) electrons. The second kappa shape index (κ2) is 5.22. The molecule has 3 N–H and O–H groups in total. The molecule has 1 aliphatic heterocycles. The topological polar surface area (TPSA) is 90.7 Å². The standard InChI is InChI=1S/C12H12N2O4/c13-11(15)8-1-3-9(4-2-8)14-12(16)10-7-17-5-6-18-10/h1-4,7H,5-6H2,(H2,13,15)(H,14,16). The Labute approximate surface area is 103 Å². The van der Waals surface area contributed by atoms with E-state index in [2.05, 4.69) is 5.32 Å². The van der Waals surface area contributed by atoms with Crippen LogP contribution in [-0.2, 0) is 14.3 Å². The number of rotatable bonds is 3. The van der Waals surface area contributed by atoms with Crippen molar-refractivity contribution >= 4 is 17.5 Å². The van der Waals surface area contributed by atoms with E-state index in [0.717, 1.165) is 0 Å². The van der Waals surface area contributed by atoms with Gasteiger partial charge in [-0.3, -0.25) is 9.59 Å². The fraction of sp³-hybridized carbons (Fsp3) is 0.167. The maximum Gasteiger partial charge on any atom is 0.294 e. The molecule has 0 aromatic heterocycles. The number of anilines is 1. The van der Waals surface area contributed by atoms with E-state index in [4.69, 9.17) is 15.2 Å². The number of carbonyl (C=O) groups excluding carboxylic acids is 2. The Bertz CT molecular complexity index is 493. The van der Waals surface area contributed by atoms with E-state index < -0.39 is 11.8 Å². The van der Waals surface area contributed by atoms with Crippen molar-refractivity contribution in [2.75, 3.05) is 18.5 Å². The maximum absolute atomic E-state index is 11.7. The first-order valence-electron chi connectivity index (χ1n) is 5.32. The Morgan fingerprint density at radius 3 is 2.44 bits per heavy atom. The van der Waals surface area contributed by atoms with Crippen LogP contribution in [0.15, 0.2) is 36.3 Å². The molecule has 0 bridgehead atoms. The molecule has 1 aliphatic rings. The number of hydrogen-bond donors (Lipinski definition) is 2. The minimum atomic E-state index is -0.514. The molecule has 1 aromatic rings. The summed E-state index contributed by atoms with van der Waals surface area (Å²) < 4.78 is 10.1. The fourth-order valence-electron chi connectivity index (χ4n) is 1.40. The number of carbonyl (C=O) groups is 2. The normalized spacial score (nSPS) is 13.9. The lowest BCUT2D eigenvalue weighted by atomic mass is 10.2. The Morgan fingerprint density at radius 2 is 1.89 bits per heavy atom. The minimum absolute atomic E-state index is 0.125. The Hall–Kier alpha value is -2.50. The first-order chi connectivity index (χ1) is 8.66. The molecule has 1 heterocycles. The average molecular weight is 248 g/mol. The smallest absolute Gasteiger partial charge is 0.294 e. The molecule has 0 aliphatic carbocycles. The first-order valence-corrected chi connectivity index (χ1v) is 5.32. The van der Waals surface area contributed by atoms with E-state index >= 15 is 0 Å². The number of benzene rings is 1. The van der Waals surface area contributed by atoms with Gasteiger partial charge < -0.3 is 20.5 Å². The van der Waals surface area contributed by atoms with Crippen LogP contribution in [0.5, 0.6) is 0 Å². The van der Waals surface area contributed by atoms with Gasteiger partial charge in [-0.1, -0.05) is 0 Å². The van der Waals surface area contributed by atoms with Gasteiger partial charge in [0.1, 0.15) is 19.5 Å². The Balaban J connectivity index is 2.02. The van der Waals surface area contributed by atoms with Crippen LogP contribution >= 0.6 is 0 Å². The zero-order valence-corrected chi connectivity index (χ0v) is 9.51. The van der Waals surface area contributed by atoms with E-state index in [1.54, 1.807) is 12.1 Å². The van der Waals surface area contributed by atoms with Gasteiger partial charge in [0.05, 0.1) is 0 Å². The van der Waals surface area contributed by atoms with Gasteiger partial charge in [-0.15, -0.1) is 0 Å². The van der Waals surface area contributed by atoms with Crippen LogP contribution < -0.4 is 11.1 Å². The lowest BCUT2D eigenvalue weighted by Gasteiger charge is -2.15. The third-order valence-corrected chi connectivity index (χ3v) is 2.30. The van der Waals surface area contributed by atoms with Crippen LogP contribution in [0.4, 0.5) is 5.69 Å². The predicted molar refractivity (Wildman–Crippen MR) is 63.6 cm³/mol. The molecule has 2 amide bonds. The molecule has 0 unspecified atom stereocenters. The molecule has 0 saturated carbocycles. The minimum Gasteiger partial charge on any atom is -0.494 e. The molecule has 6 heteroatoms. The monoisotopic (exact) mass is 248 g/mol. The molecule has 0 fully saturated rings. The Morgan fingerprint density at radius 1 is 1.17 bits per heavy atom. The van der Waals surface area contributed by atoms with Gasteiger partial charge in [0, 0.05) is 11.3 Å². The lowest BCUT2D eigenvalue weighted by Crippen LogP contribution is -2.21. The number of primary amides is 1. The third-order valence-electron chi connectivity index (χ3n) is 2.30. The van der Waals surface area contributed by atoms with Gasteiger partial charge in [-0.25, -0.2) is 0 Å². The predicted octanol–water partition coefficient (Wildman–Crippen LogP) is 0.612.